The van der Waals surface area contributed by atoms with E-state index in [-0.39, 0.29) is 29.1 Å². The smallest absolute Gasteiger partial charge is 0.274 e. The summed E-state index contributed by atoms with van der Waals surface area (Å²) in [7, 11) is -3.04. The van der Waals surface area contributed by atoms with E-state index in [4.69, 9.17) is 0 Å². The van der Waals surface area contributed by atoms with Crippen molar-refractivity contribution in [3.8, 4) is 5.69 Å². The lowest BCUT2D eigenvalue weighted by atomic mass is 10.1. The molecule has 1 aliphatic heterocycles. The summed E-state index contributed by atoms with van der Waals surface area (Å²) in [6.07, 6.45) is 3.80. The number of amides is 1. The van der Waals surface area contributed by atoms with Crippen LogP contribution in [-0.2, 0) is 16.3 Å². The van der Waals surface area contributed by atoms with Gasteiger partial charge in [-0.15, -0.1) is 5.10 Å². The molecule has 26 heavy (non-hydrogen) atoms. The Kier molecular flexibility index (Phi) is 5.41. The first-order valence-electron chi connectivity index (χ1n) is 8.92. The van der Waals surface area contributed by atoms with Crippen molar-refractivity contribution in [2.45, 2.75) is 45.6 Å². The van der Waals surface area contributed by atoms with Gasteiger partial charge in [-0.3, -0.25) is 4.79 Å². The molecule has 1 fully saturated rings. The van der Waals surface area contributed by atoms with Crippen LogP contribution in [0.15, 0.2) is 24.3 Å². The molecule has 2 aromatic rings. The minimum Gasteiger partial charge on any atom is -0.347 e. The highest BCUT2D eigenvalue weighted by molar-refractivity contribution is 7.91. The zero-order chi connectivity index (χ0) is 18.7. The molecule has 0 radical (unpaired) electrons. The Morgan fingerprint density at radius 2 is 2.04 bits per heavy atom. The maximum Gasteiger partial charge on any atom is 0.274 e. The van der Waals surface area contributed by atoms with Gasteiger partial charge in [-0.1, -0.05) is 30.7 Å². The number of hydrogen-bond acceptors (Lipinski definition) is 5. The quantitative estimate of drug-likeness (QED) is 0.830. The van der Waals surface area contributed by atoms with Gasteiger partial charge in [0.2, 0.25) is 0 Å². The van der Waals surface area contributed by atoms with Crippen molar-refractivity contribution < 1.29 is 13.2 Å². The highest BCUT2D eigenvalue weighted by atomic mass is 32.2. The summed E-state index contributed by atoms with van der Waals surface area (Å²) in [6.45, 7) is 3.95. The Hall–Kier alpha value is -2.22. The van der Waals surface area contributed by atoms with E-state index in [0.29, 0.717) is 12.1 Å². The van der Waals surface area contributed by atoms with Crippen molar-refractivity contribution in [1.82, 2.24) is 20.3 Å². The topological polar surface area (TPSA) is 93.9 Å². The zero-order valence-corrected chi connectivity index (χ0v) is 15.9. The maximum absolute atomic E-state index is 12.4. The van der Waals surface area contributed by atoms with Crippen molar-refractivity contribution in [2.75, 3.05) is 11.5 Å². The first-order chi connectivity index (χ1) is 12.4. The summed E-state index contributed by atoms with van der Waals surface area (Å²) in [5.41, 5.74) is 2.97. The molecule has 0 spiro atoms. The minimum absolute atomic E-state index is 0.00878. The predicted octanol–water partition coefficient (Wildman–Crippen LogP) is 1.84. The standard InChI is InChI=1S/C18H24N4O3S/c1-3-4-5-14-6-8-16(9-7-14)22-13(2)17(20-21-22)18(23)19-15-10-11-26(24,25)12-15/h6-9,15H,3-5,10-12H2,1-2H3,(H,19,23). The van der Waals surface area contributed by atoms with Crippen LogP contribution >= 0.6 is 0 Å². The molecule has 0 bridgehead atoms. The number of aromatic nitrogens is 3. The summed E-state index contributed by atoms with van der Waals surface area (Å²) in [5, 5.41) is 10.8. The lowest BCUT2D eigenvalue weighted by molar-refractivity contribution is 0.0935. The van der Waals surface area contributed by atoms with E-state index >= 15 is 0 Å². The van der Waals surface area contributed by atoms with Gasteiger partial charge in [0.25, 0.3) is 5.91 Å². The number of carbonyl (C=O) groups is 1. The highest BCUT2D eigenvalue weighted by Crippen LogP contribution is 2.16. The molecule has 3 rings (SSSR count). The molecule has 1 aromatic heterocycles. The molecular formula is C18H24N4O3S. The fourth-order valence-corrected chi connectivity index (χ4v) is 4.80. The maximum atomic E-state index is 12.4. The monoisotopic (exact) mass is 376 g/mol. The fraction of sp³-hybridized carbons (Fsp3) is 0.500. The Morgan fingerprint density at radius 1 is 1.31 bits per heavy atom. The third kappa shape index (κ3) is 4.12. The number of nitrogens with zero attached hydrogens (tertiary/aromatic N) is 3. The van der Waals surface area contributed by atoms with Gasteiger partial charge in [-0.2, -0.15) is 0 Å². The van der Waals surface area contributed by atoms with Crippen LogP contribution in [0.1, 0.15) is 47.9 Å². The summed E-state index contributed by atoms with van der Waals surface area (Å²) in [5.74, 6) is -0.269. The third-order valence-corrected chi connectivity index (χ3v) is 6.45. The van der Waals surface area contributed by atoms with Crippen molar-refractivity contribution in [3.05, 3.63) is 41.2 Å². The van der Waals surface area contributed by atoms with Crippen LogP contribution in [-0.4, -0.2) is 46.9 Å². The van der Waals surface area contributed by atoms with Gasteiger partial charge in [-0.25, -0.2) is 13.1 Å². The van der Waals surface area contributed by atoms with Gasteiger partial charge in [0.05, 0.1) is 22.9 Å². The van der Waals surface area contributed by atoms with Crippen LogP contribution in [0.4, 0.5) is 0 Å². The molecule has 0 saturated carbocycles. The molecule has 8 heteroatoms. The summed E-state index contributed by atoms with van der Waals surface area (Å²) < 4.78 is 24.7. The van der Waals surface area contributed by atoms with E-state index < -0.39 is 9.84 Å². The second-order valence-electron chi connectivity index (χ2n) is 6.78. The summed E-state index contributed by atoms with van der Waals surface area (Å²) in [6, 6.07) is 7.72. The van der Waals surface area contributed by atoms with Crippen LogP contribution in [0.5, 0.6) is 0 Å². The van der Waals surface area contributed by atoms with Crippen LogP contribution < -0.4 is 5.32 Å². The SMILES string of the molecule is CCCCc1ccc(-n2nnc(C(=O)NC3CCS(=O)(=O)C3)c2C)cc1. The van der Waals surface area contributed by atoms with Crippen molar-refractivity contribution in [2.24, 2.45) is 0 Å². The molecule has 1 N–H and O–H groups in total. The molecule has 0 aliphatic carbocycles. The molecule has 2 heterocycles. The first kappa shape index (κ1) is 18.6. The van der Waals surface area contributed by atoms with Crippen molar-refractivity contribution in [1.29, 1.82) is 0 Å². The lowest BCUT2D eigenvalue weighted by Crippen LogP contribution is -2.36. The van der Waals surface area contributed by atoms with Gasteiger partial charge < -0.3 is 5.32 Å². The second-order valence-corrected chi connectivity index (χ2v) is 9.01. The molecule has 1 aromatic carbocycles. The molecule has 140 valence electrons. The third-order valence-electron chi connectivity index (χ3n) is 4.68. The number of rotatable bonds is 6. The van der Waals surface area contributed by atoms with Gasteiger partial charge >= 0.3 is 0 Å². The average molecular weight is 376 g/mol. The molecular weight excluding hydrogens is 352 g/mol. The Morgan fingerprint density at radius 3 is 2.65 bits per heavy atom. The minimum atomic E-state index is -3.04. The largest absolute Gasteiger partial charge is 0.347 e. The molecule has 1 unspecified atom stereocenters. The summed E-state index contributed by atoms with van der Waals surface area (Å²) in [4.78, 5) is 12.4. The number of unbranched alkanes of at least 4 members (excludes halogenated alkanes) is 1. The van der Waals surface area contributed by atoms with Crippen molar-refractivity contribution in [3.63, 3.8) is 0 Å². The first-order valence-corrected chi connectivity index (χ1v) is 10.7. The van der Waals surface area contributed by atoms with E-state index in [1.807, 2.05) is 12.1 Å². The van der Waals surface area contributed by atoms with E-state index in [1.54, 1.807) is 11.6 Å². The van der Waals surface area contributed by atoms with Crippen LogP contribution in [0.3, 0.4) is 0 Å². The number of aryl methyl sites for hydroxylation is 1. The average Bonchev–Trinajstić information content (AvgIpc) is 3.15. The molecule has 1 saturated heterocycles. The zero-order valence-electron chi connectivity index (χ0n) is 15.1. The fourth-order valence-electron chi connectivity index (χ4n) is 3.13. The molecule has 7 nitrogen and oxygen atoms in total. The van der Waals surface area contributed by atoms with Crippen LogP contribution in [0, 0.1) is 6.92 Å². The van der Waals surface area contributed by atoms with Crippen molar-refractivity contribution >= 4 is 15.7 Å². The highest BCUT2D eigenvalue weighted by Gasteiger charge is 2.30. The van der Waals surface area contributed by atoms with Gasteiger partial charge in [0.15, 0.2) is 15.5 Å². The van der Waals surface area contributed by atoms with Gasteiger partial charge in [0, 0.05) is 6.04 Å². The van der Waals surface area contributed by atoms with Gasteiger partial charge in [0.1, 0.15) is 0 Å². The Bertz CT molecular complexity index is 888. The predicted molar refractivity (Wildman–Crippen MR) is 99.2 cm³/mol. The van der Waals surface area contributed by atoms with E-state index in [1.165, 1.54) is 5.56 Å². The Labute approximate surface area is 153 Å². The van der Waals surface area contributed by atoms with E-state index in [0.717, 1.165) is 24.9 Å². The number of nitrogens with one attached hydrogen (secondary N) is 1. The molecule has 1 aliphatic rings. The summed E-state index contributed by atoms with van der Waals surface area (Å²) >= 11 is 0. The van der Waals surface area contributed by atoms with Crippen LogP contribution in [0.2, 0.25) is 0 Å². The van der Waals surface area contributed by atoms with E-state index in [9.17, 15) is 13.2 Å². The number of benzene rings is 1. The Balaban J connectivity index is 1.72. The van der Waals surface area contributed by atoms with Gasteiger partial charge in [-0.05, 0) is 43.9 Å². The second kappa shape index (κ2) is 7.57. The number of carbonyl (C=O) groups excluding carboxylic acids is 1. The molecule has 1 atom stereocenters. The normalized spacial score (nSPS) is 18.8. The van der Waals surface area contributed by atoms with Crippen LogP contribution in [0.25, 0.3) is 5.69 Å². The number of hydrogen-bond donors (Lipinski definition) is 1. The number of sulfone groups is 1. The van der Waals surface area contributed by atoms with E-state index in [2.05, 4.69) is 34.7 Å². The molecule has 1 amide bonds. The lowest BCUT2D eigenvalue weighted by Gasteiger charge is -2.10.